The summed E-state index contributed by atoms with van der Waals surface area (Å²) in [4.78, 5) is 27.5. The van der Waals surface area contributed by atoms with E-state index in [1.165, 1.54) is 6.07 Å². The number of carbonyl (C=O) groups excluding carboxylic acids is 1. The van der Waals surface area contributed by atoms with Crippen molar-refractivity contribution in [3.8, 4) is 5.75 Å². The quantitative estimate of drug-likeness (QED) is 0.181. The smallest absolute Gasteiger partial charge is 0.227 e. The Hall–Kier alpha value is -2.65. The fourth-order valence-corrected chi connectivity index (χ4v) is 6.96. The summed E-state index contributed by atoms with van der Waals surface area (Å²) in [7, 11) is 0. The van der Waals surface area contributed by atoms with Gasteiger partial charge >= 0.3 is 0 Å². The van der Waals surface area contributed by atoms with Crippen LogP contribution in [-0.2, 0) is 11.2 Å². The van der Waals surface area contributed by atoms with Gasteiger partial charge in [-0.05, 0) is 55.1 Å². The highest BCUT2D eigenvalue weighted by Crippen LogP contribution is 2.32. The molecule has 2 aromatic rings. The van der Waals surface area contributed by atoms with Crippen LogP contribution in [0.1, 0.15) is 31.2 Å². The number of rotatable bonds is 14. The van der Waals surface area contributed by atoms with E-state index in [2.05, 4.69) is 14.9 Å². The zero-order chi connectivity index (χ0) is 32.8. The Morgan fingerprint density at radius 2 is 1.65 bits per heavy atom. The van der Waals surface area contributed by atoms with E-state index in [0.717, 1.165) is 38.8 Å². The van der Waals surface area contributed by atoms with Crippen LogP contribution in [0.15, 0.2) is 30.6 Å². The van der Waals surface area contributed by atoms with Crippen LogP contribution in [0.25, 0.3) is 0 Å². The molecule has 5 N–H and O–H groups in total. The number of ether oxygens (including phenoxy) is 1. The van der Waals surface area contributed by atoms with Crippen LogP contribution >= 0.6 is 11.6 Å². The molecule has 0 aliphatic carbocycles. The number of benzene rings is 1. The second-order valence-electron chi connectivity index (χ2n) is 12.9. The molecule has 0 radical (unpaired) electrons. The summed E-state index contributed by atoms with van der Waals surface area (Å²) in [6.45, 7) is 3.93. The lowest BCUT2D eigenvalue weighted by atomic mass is 9.92. The Kier molecular flexibility index (Phi) is 12.0. The minimum Gasteiger partial charge on any atom is -0.493 e. The molecular weight excluding hydrogens is 621 g/mol. The summed E-state index contributed by atoms with van der Waals surface area (Å²) in [6.07, 6.45) is 1.09. The molecule has 46 heavy (non-hydrogen) atoms. The predicted octanol–water partition coefficient (Wildman–Crippen LogP) is 0.713. The van der Waals surface area contributed by atoms with Crippen molar-refractivity contribution in [1.82, 2.24) is 19.8 Å². The molecule has 3 saturated heterocycles. The Morgan fingerprint density at radius 1 is 1.00 bits per heavy atom. The summed E-state index contributed by atoms with van der Waals surface area (Å²) in [5, 5.41) is 49.3. The van der Waals surface area contributed by atoms with Gasteiger partial charge in [0.25, 0.3) is 0 Å². The van der Waals surface area contributed by atoms with Gasteiger partial charge in [-0.2, -0.15) is 0 Å². The lowest BCUT2D eigenvalue weighted by molar-refractivity contribution is -0.130. The zero-order valence-corrected chi connectivity index (χ0v) is 26.6. The SMILES string of the molecule is O=C(Cc1ccc(OCCCC2CCN(c3ncc(Cl)cn3)CC2)cc1F)N1C[C@H]2CN(CC(O)C(O)C(O)C(O)CO)C[C@H]2C1. The van der Waals surface area contributed by atoms with Gasteiger partial charge in [-0.25, -0.2) is 14.4 Å². The first-order valence-corrected chi connectivity index (χ1v) is 16.5. The molecule has 254 valence electrons. The normalized spacial score (nSPS) is 23.3. The molecule has 1 aromatic carbocycles. The maximum absolute atomic E-state index is 14.9. The first kappa shape index (κ1) is 34.7. The minimum atomic E-state index is -1.66. The van der Waals surface area contributed by atoms with E-state index < -0.39 is 36.8 Å². The third kappa shape index (κ3) is 8.82. The number of aliphatic hydroxyl groups is 5. The van der Waals surface area contributed by atoms with E-state index in [1.807, 2.05) is 4.90 Å². The van der Waals surface area contributed by atoms with Crippen LogP contribution < -0.4 is 9.64 Å². The van der Waals surface area contributed by atoms with Crippen molar-refractivity contribution in [2.75, 3.05) is 63.9 Å². The monoisotopic (exact) mass is 665 g/mol. The van der Waals surface area contributed by atoms with Gasteiger partial charge in [-0.1, -0.05) is 17.7 Å². The molecular formula is C32H45ClFN5O7. The number of aromatic nitrogens is 2. The summed E-state index contributed by atoms with van der Waals surface area (Å²) in [6, 6.07) is 4.67. The predicted molar refractivity (Wildman–Crippen MR) is 168 cm³/mol. The molecule has 0 saturated carbocycles. The molecule has 0 spiro atoms. The highest BCUT2D eigenvalue weighted by molar-refractivity contribution is 6.30. The highest BCUT2D eigenvalue weighted by atomic mass is 35.5. The molecule has 4 unspecified atom stereocenters. The average Bonchev–Trinajstić information content (AvgIpc) is 3.63. The zero-order valence-electron chi connectivity index (χ0n) is 25.9. The largest absolute Gasteiger partial charge is 0.493 e. The van der Waals surface area contributed by atoms with Gasteiger partial charge in [0.2, 0.25) is 11.9 Å². The number of β-amino-alcohol motifs (C(OH)–C–C–N with tert-alkyl or cyclic N) is 1. The van der Waals surface area contributed by atoms with E-state index in [-0.39, 0.29) is 30.7 Å². The summed E-state index contributed by atoms with van der Waals surface area (Å²) in [5.41, 5.74) is 0.327. The number of fused-ring (bicyclic) bond motifs is 1. The summed E-state index contributed by atoms with van der Waals surface area (Å²) in [5.74, 6) is 1.52. The fraction of sp³-hybridized carbons (Fsp3) is 0.656. The van der Waals surface area contributed by atoms with Crippen molar-refractivity contribution in [3.63, 3.8) is 0 Å². The van der Waals surface area contributed by atoms with Crippen molar-refractivity contribution in [2.45, 2.75) is 56.5 Å². The van der Waals surface area contributed by atoms with Crippen LogP contribution in [0.5, 0.6) is 5.75 Å². The van der Waals surface area contributed by atoms with Crippen molar-refractivity contribution in [2.24, 2.45) is 17.8 Å². The van der Waals surface area contributed by atoms with Crippen LogP contribution in [0.3, 0.4) is 0 Å². The van der Waals surface area contributed by atoms with Gasteiger partial charge in [0.05, 0.1) is 43.2 Å². The number of nitrogens with zero attached hydrogens (tertiary/aromatic N) is 5. The molecule has 1 amide bonds. The number of likely N-dealkylation sites (tertiary alicyclic amines) is 2. The number of carbonyl (C=O) groups is 1. The van der Waals surface area contributed by atoms with Gasteiger partial charge in [0, 0.05) is 51.9 Å². The standard InChI is InChI=1S/C32H45ClFN5O7/c33-24-12-35-32(36-13-24)38-7-5-20(6-8-38)2-1-9-46-25-4-3-21(26(34)11-25)10-29(43)39-16-22-14-37(15-23(22)17-39)18-27(41)30(44)31(45)28(42)19-40/h3-4,11-13,20,22-23,27-28,30-31,40-42,44-45H,1-2,5-10,14-19H2/t22-,23+,27?,28?,30?,31?. The number of anilines is 1. The van der Waals surface area contributed by atoms with E-state index in [4.69, 9.17) is 21.4 Å². The fourth-order valence-electron chi connectivity index (χ4n) is 6.87. The molecule has 5 rings (SSSR count). The van der Waals surface area contributed by atoms with Gasteiger partial charge in [0.1, 0.15) is 29.9 Å². The van der Waals surface area contributed by atoms with Gasteiger partial charge in [-0.15, -0.1) is 0 Å². The summed E-state index contributed by atoms with van der Waals surface area (Å²) >= 11 is 5.88. The number of piperidine rings is 1. The highest BCUT2D eigenvalue weighted by Gasteiger charge is 2.42. The Morgan fingerprint density at radius 3 is 2.28 bits per heavy atom. The maximum atomic E-state index is 14.9. The van der Waals surface area contributed by atoms with E-state index in [9.17, 15) is 29.6 Å². The molecule has 6 atom stereocenters. The average molecular weight is 666 g/mol. The van der Waals surface area contributed by atoms with E-state index in [1.54, 1.807) is 29.4 Å². The first-order valence-electron chi connectivity index (χ1n) is 16.1. The Balaban J connectivity index is 0.987. The van der Waals surface area contributed by atoms with Gasteiger partial charge in [-0.3, -0.25) is 9.69 Å². The molecule has 14 heteroatoms. The molecule has 3 aliphatic rings. The Bertz CT molecular complexity index is 1270. The molecule has 3 fully saturated rings. The Labute approximate surface area is 273 Å². The van der Waals surface area contributed by atoms with Crippen LogP contribution in [0.4, 0.5) is 10.3 Å². The number of hydrogen-bond donors (Lipinski definition) is 5. The molecule has 1 aromatic heterocycles. The minimum absolute atomic E-state index is 0.0367. The second kappa shape index (κ2) is 16.0. The van der Waals surface area contributed by atoms with E-state index >= 15 is 0 Å². The summed E-state index contributed by atoms with van der Waals surface area (Å²) < 4.78 is 20.7. The van der Waals surface area contributed by atoms with Gasteiger partial charge < -0.3 is 40.1 Å². The molecule has 0 bridgehead atoms. The van der Waals surface area contributed by atoms with Crippen LogP contribution in [-0.4, -0.2) is 135 Å². The van der Waals surface area contributed by atoms with E-state index in [0.29, 0.717) is 61.0 Å². The molecule has 3 aliphatic heterocycles. The van der Waals surface area contributed by atoms with Crippen molar-refractivity contribution < 1.29 is 39.5 Å². The second-order valence-corrected chi connectivity index (χ2v) is 13.3. The lowest BCUT2D eigenvalue weighted by Gasteiger charge is -2.31. The molecule has 12 nitrogen and oxygen atoms in total. The van der Waals surface area contributed by atoms with Crippen LogP contribution in [0.2, 0.25) is 5.02 Å². The topological polar surface area (TPSA) is 163 Å². The number of halogens is 2. The van der Waals surface area contributed by atoms with Crippen molar-refractivity contribution >= 4 is 23.5 Å². The third-order valence-corrected chi connectivity index (χ3v) is 9.78. The van der Waals surface area contributed by atoms with Crippen molar-refractivity contribution in [1.29, 1.82) is 0 Å². The first-order chi connectivity index (χ1) is 22.1. The number of amides is 1. The number of hydrogen-bond acceptors (Lipinski definition) is 11. The maximum Gasteiger partial charge on any atom is 0.227 e. The van der Waals surface area contributed by atoms with Crippen LogP contribution in [0, 0.1) is 23.6 Å². The number of aliphatic hydroxyl groups excluding tert-OH is 5. The van der Waals surface area contributed by atoms with Gasteiger partial charge in [0.15, 0.2) is 0 Å². The van der Waals surface area contributed by atoms with Crippen molar-refractivity contribution in [3.05, 3.63) is 47.0 Å². The third-order valence-electron chi connectivity index (χ3n) is 9.58. The lowest BCUT2D eigenvalue weighted by Crippen LogP contribution is -2.49. The molecule has 4 heterocycles.